The number of nitrogens with one attached hydrogen (secondary N) is 1. The second-order valence-corrected chi connectivity index (χ2v) is 14.3. The van der Waals surface area contributed by atoms with Crippen LogP contribution in [0.15, 0.2) is 59.5 Å². The Morgan fingerprint density at radius 1 is 1.09 bits per heavy atom. The number of sulfonamides is 1. The van der Waals surface area contributed by atoms with E-state index in [9.17, 15) is 18.3 Å². The van der Waals surface area contributed by atoms with Crippen molar-refractivity contribution >= 4 is 48.3 Å². The van der Waals surface area contributed by atoms with Gasteiger partial charge < -0.3 is 26.6 Å². The molecule has 0 saturated heterocycles. The van der Waals surface area contributed by atoms with E-state index < -0.39 is 16.1 Å². The third kappa shape index (κ3) is 8.26. The van der Waals surface area contributed by atoms with Crippen molar-refractivity contribution < 1.29 is 23.1 Å². The zero-order valence-electron chi connectivity index (χ0n) is 25.5. The minimum atomic E-state index is -3.88. The summed E-state index contributed by atoms with van der Waals surface area (Å²) in [4.78, 5) is 16.8. The number of thiazole rings is 1. The summed E-state index contributed by atoms with van der Waals surface area (Å²) >= 11 is 1.25. The van der Waals surface area contributed by atoms with Gasteiger partial charge in [0, 0.05) is 19.6 Å². The van der Waals surface area contributed by atoms with Crippen LogP contribution < -0.4 is 25.8 Å². The molecule has 0 aliphatic rings. The summed E-state index contributed by atoms with van der Waals surface area (Å²) in [5.74, 6) is 0.394. The number of nitrogens with two attached hydrogens (primary N) is 2. The first kappa shape index (κ1) is 33.2. The summed E-state index contributed by atoms with van der Waals surface area (Å²) in [6.45, 7) is 8.39. The van der Waals surface area contributed by atoms with Gasteiger partial charge in [-0.25, -0.2) is 13.4 Å². The molecule has 12 heteroatoms. The molecule has 0 bridgehead atoms. The molecule has 1 aromatic heterocycles. The number of aromatic nitrogens is 1. The summed E-state index contributed by atoms with van der Waals surface area (Å²) in [5.41, 5.74) is 16.4. The Morgan fingerprint density at radius 2 is 1.82 bits per heavy atom. The molecule has 0 radical (unpaired) electrons. The second-order valence-electron chi connectivity index (χ2n) is 11.3. The predicted octanol–water partition coefficient (Wildman–Crippen LogP) is 4.29. The number of rotatable bonds is 14. The van der Waals surface area contributed by atoms with Gasteiger partial charge in [0.1, 0.15) is 5.75 Å². The Balaban J connectivity index is 1.36. The molecule has 4 rings (SSSR count). The van der Waals surface area contributed by atoms with Gasteiger partial charge in [0.25, 0.3) is 15.9 Å². The number of nitrogens with zero attached hydrogens (tertiary/aromatic N) is 2. The van der Waals surface area contributed by atoms with Crippen molar-refractivity contribution in [1.29, 1.82) is 0 Å². The molecule has 0 aliphatic heterocycles. The number of benzene rings is 3. The Labute approximate surface area is 263 Å². The third-order valence-electron chi connectivity index (χ3n) is 7.10. The molecule has 1 unspecified atom stereocenters. The minimum absolute atomic E-state index is 0.0729. The lowest BCUT2D eigenvalue weighted by Crippen LogP contribution is -2.35. The average molecular weight is 640 g/mol. The maximum absolute atomic E-state index is 13.8. The quantitative estimate of drug-likeness (QED) is 0.159. The highest BCUT2D eigenvalue weighted by Gasteiger charge is 2.27. The molecule has 44 heavy (non-hydrogen) atoms. The number of hydrogen-bond acceptors (Lipinski definition) is 9. The van der Waals surface area contributed by atoms with E-state index >= 15 is 0 Å². The number of aryl methyl sites for hydroxylation is 3. The van der Waals surface area contributed by atoms with Crippen molar-refractivity contribution in [2.75, 3.05) is 29.7 Å². The van der Waals surface area contributed by atoms with E-state index in [2.05, 4.69) is 10.3 Å². The van der Waals surface area contributed by atoms with Crippen molar-refractivity contribution in [3.05, 3.63) is 76.9 Å². The molecule has 0 fully saturated rings. The first-order chi connectivity index (χ1) is 20.9. The summed E-state index contributed by atoms with van der Waals surface area (Å²) < 4.78 is 35.6. The molecule has 0 aliphatic carbocycles. The highest BCUT2D eigenvalue weighted by atomic mass is 32.2. The van der Waals surface area contributed by atoms with Crippen LogP contribution in [0.4, 0.5) is 10.8 Å². The molecule has 0 spiro atoms. The second kappa shape index (κ2) is 14.4. The fourth-order valence-corrected chi connectivity index (χ4v) is 7.49. The van der Waals surface area contributed by atoms with Gasteiger partial charge in [-0.1, -0.05) is 49.4 Å². The van der Waals surface area contributed by atoms with Gasteiger partial charge >= 0.3 is 0 Å². The molecule has 0 saturated carbocycles. The lowest BCUT2D eigenvalue weighted by atomic mass is 10.1. The molecule has 236 valence electrons. The van der Waals surface area contributed by atoms with Gasteiger partial charge in [-0.15, -0.1) is 0 Å². The molecular weight excluding hydrogens is 599 g/mol. The highest BCUT2D eigenvalue weighted by molar-refractivity contribution is 7.92. The largest absolute Gasteiger partial charge is 0.483 e. The van der Waals surface area contributed by atoms with Crippen molar-refractivity contribution in [1.82, 2.24) is 10.3 Å². The van der Waals surface area contributed by atoms with Crippen molar-refractivity contribution in [3.63, 3.8) is 0 Å². The van der Waals surface area contributed by atoms with Gasteiger partial charge in [-0.3, -0.25) is 9.10 Å². The van der Waals surface area contributed by atoms with E-state index in [1.54, 1.807) is 24.3 Å². The van der Waals surface area contributed by atoms with E-state index in [1.165, 1.54) is 15.6 Å². The number of aliphatic hydroxyl groups excluding tert-OH is 1. The van der Waals surface area contributed by atoms with Crippen LogP contribution in [0.25, 0.3) is 10.2 Å². The lowest BCUT2D eigenvalue weighted by Gasteiger charge is -2.27. The Hall–Kier alpha value is -3.71. The Kier molecular flexibility index (Phi) is 10.8. The Morgan fingerprint density at radius 3 is 2.50 bits per heavy atom. The molecule has 4 aromatic rings. The molecular formula is C32H41N5O5S2. The van der Waals surface area contributed by atoms with Crippen LogP contribution in [0, 0.1) is 19.8 Å². The molecule has 10 nitrogen and oxygen atoms in total. The van der Waals surface area contributed by atoms with Crippen LogP contribution >= 0.6 is 11.3 Å². The van der Waals surface area contributed by atoms with Gasteiger partial charge in [0.2, 0.25) is 0 Å². The van der Waals surface area contributed by atoms with Crippen LogP contribution in [-0.4, -0.2) is 50.2 Å². The summed E-state index contributed by atoms with van der Waals surface area (Å²) in [5, 5.41) is 13.7. The van der Waals surface area contributed by atoms with Crippen molar-refractivity contribution in [2.24, 2.45) is 11.7 Å². The number of fused-ring (bicyclic) bond motifs is 1. The Bertz CT molecular complexity index is 1700. The molecule has 6 N–H and O–H groups in total. The number of amides is 1. The average Bonchev–Trinajstić information content (AvgIpc) is 3.36. The zero-order valence-corrected chi connectivity index (χ0v) is 27.2. The number of hydrogen-bond donors (Lipinski definition) is 4. The van der Waals surface area contributed by atoms with Crippen LogP contribution in [-0.2, 0) is 27.8 Å². The number of carbonyl (C=O) groups excluding carboxylic acids is 1. The van der Waals surface area contributed by atoms with E-state index in [0.29, 0.717) is 52.7 Å². The summed E-state index contributed by atoms with van der Waals surface area (Å²) in [6, 6.07) is 16.1. The smallest absolute Gasteiger partial charge is 0.264 e. The van der Waals surface area contributed by atoms with Gasteiger partial charge in [-0.2, -0.15) is 0 Å². The van der Waals surface area contributed by atoms with Crippen molar-refractivity contribution in [2.45, 2.75) is 58.1 Å². The van der Waals surface area contributed by atoms with Crippen LogP contribution in [0.3, 0.4) is 0 Å². The molecule has 1 amide bonds. The standard InChI is InChI=1S/C32H41N5O5S2/c1-20(2)18-37(44(40,41)27-10-11-28-29(15-27)43-32(34)36-28)25-7-5-6-23(14-25)8-9-26(38)17-35-30(39)19-42-31-21(3)12-24(16-33)13-22(31)4/h5-7,10-15,20,26,38H,8-9,16-19,33H2,1-4H3,(H2,34,36)(H,35,39). The highest BCUT2D eigenvalue weighted by Crippen LogP contribution is 2.31. The maximum atomic E-state index is 13.8. The van der Waals surface area contributed by atoms with Gasteiger partial charge in [0.05, 0.1) is 26.9 Å². The fraction of sp³-hybridized carbons (Fsp3) is 0.375. The van der Waals surface area contributed by atoms with E-state index in [0.717, 1.165) is 22.3 Å². The van der Waals surface area contributed by atoms with E-state index in [4.69, 9.17) is 16.2 Å². The van der Waals surface area contributed by atoms with Crippen LogP contribution in [0.2, 0.25) is 0 Å². The topological polar surface area (TPSA) is 161 Å². The van der Waals surface area contributed by atoms with Gasteiger partial charge in [0.15, 0.2) is 11.7 Å². The number of ether oxygens (including phenoxy) is 1. The number of aliphatic hydroxyl groups is 1. The zero-order chi connectivity index (χ0) is 32.0. The van der Waals surface area contributed by atoms with E-state index in [1.807, 2.05) is 58.0 Å². The van der Waals surface area contributed by atoms with E-state index in [-0.39, 0.29) is 29.9 Å². The monoisotopic (exact) mass is 639 g/mol. The third-order valence-corrected chi connectivity index (χ3v) is 9.74. The van der Waals surface area contributed by atoms with Crippen LogP contribution in [0.1, 0.15) is 42.5 Å². The first-order valence-electron chi connectivity index (χ1n) is 14.5. The normalized spacial score (nSPS) is 12.4. The predicted molar refractivity (Wildman–Crippen MR) is 176 cm³/mol. The summed E-state index contributed by atoms with van der Waals surface area (Å²) in [7, 11) is -3.88. The lowest BCUT2D eigenvalue weighted by molar-refractivity contribution is -0.123. The number of carbonyl (C=O) groups is 1. The minimum Gasteiger partial charge on any atom is -0.483 e. The number of anilines is 2. The molecule has 1 heterocycles. The fourth-order valence-electron chi connectivity index (χ4n) is 4.99. The number of nitrogen functional groups attached to an aromatic ring is 1. The van der Waals surface area contributed by atoms with Gasteiger partial charge in [-0.05, 0) is 85.2 Å². The van der Waals surface area contributed by atoms with Crippen LogP contribution in [0.5, 0.6) is 5.75 Å². The SMILES string of the molecule is Cc1cc(CN)cc(C)c1OCC(=O)NCC(O)CCc1cccc(N(CC(C)C)S(=O)(=O)c2ccc3nc(N)sc3c2)c1. The molecule has 1 atom stereocenters. The molecule has 3 aromatic carbocycles. The summed E-state index contributed by atoms with van der Waals surface area (Å²) in [6.07, 6.45) is 0.0857. The van der Waals surface area contributed by atoms with Crippen molar-refractivity contribution in [3.8, 4) is 5.75 Å². The first-order valence-corrected chi connectivity index (χ1v) is 16.8. The maximum Gasteiger partial charge on any atom is 0.264 e.